The number of nitrogens with zero attached hydrogens (tertiary/aromatic N) is 1. The Balaban J connectivity index is 1.75. The van der Waals surface area contributed by atoms with E-state index in [-0.39, 0.29) is 16.8 Å². The van der Waals surface area contributed by atoms with Crippen molar-refractivity contribution in [2.75, 3.05) is 20.2 Å². The molecule has 30 heavy (non-hydrogen) atoms. The van der Waals surface area contributed by atoms with E-state index in [0.29, 0.717) is 24.6 Å². The molecule has 6 nitrogen and oxygen atoms in total. The van der Waals surface area contributed by atoms with Crippen molar-refractivity contribution in [3.63, 3.8) is 0 Å². The Morgan fingerprint density at radius 3 is 2.17 bits per heavy atom. The van der Waals surface area contributed by atoms with E-state index in [1.165, 1.54) is 16.4 Å². The maximum absolute atomic E-state index is 12.9. The van der Waals surface area contributed by atoms with Gasteiger partial charge in [-0.3, -0.25) is 4.79 Å². The predicted octanol–water partition coefficient (Wildman–Crippen LogP) is 4.00. The number of methoxy groups -OCH3 is 1. The number of nitrogens with one attached hydrogen (secondary N) is 1. The molecule has 0 aromatic heterocycles. The molecule has 0 saturated carbocycles. The summed E-state index contributed by atoms with van der Waals surface area (Å²) in [5, 5.41) is 3.09. The van der Waals surface area contributed by atoms with Crippen LogP contribution in [0.25, 0.3) is 0 Å². The van der Waals surface area contributed by atoms with Crippen molar-refractivity contribution in [3.05, 3.63) is 59.7 Å². The second kappa shape index (κ2) is 9.62. The first-order valence-corrected chi connectivity index (χ1v) is 11.8. The van der Waals surface area contributed by atoms with Crippen molar-refractivity contribution >= 4 is 15.9 Å². The first-order chi connectivity index (χ1) is 14.3. The minimum absolute atomic E-state index is 0.142. The molecule has 1 saturated heterocycles. The van der Waals surface area contributed by atoms with Gasteiger partial charge in [0.1, 0.15) is 5.75 Å². The average molecular weight is 431 g/mol. The third-order valence-electron chi connectivity index (χ3n) is 5.35. The van der Waals surface area contributed by atoms with Gasteiger partial charge in [0.2, 0.25) is 10.0 Å². The normalized spacial score (nSPS) is 15.9. The highest BCUT2D eigenvalue weighted by Gasteiger charge is 2.27. The molecule has 2 aromatic rings. The van der Waals surface area contributed by atoms with Crippen LogP contribution in [-0.2, 0) is 10.0 Å². The summed E-state index contributed by atoms with van der Waals surface area (Å²) >= 11 is 0. The lowest BCUT2D eigenvalue weighted by Crippen LogP contribution is -2.30. The van der Waals surface area contributed by atoms with E-state index in [4.69, 9.17) is 4.74 Å². The first-order valence-electron chi connectivity index (χ1n) is 10.4. The highest BCUT2D eigenvalue weighted by Crippen LogP contribution is 2.25. The van der Waals surface area contributed by atoms with Gasteiger partial charge in [-0.15, -0.1) is 0 Å². The molecule has 0 aliphatic carbocycles. The summed E-state index contributed by atoms with van der Waals surface area (Å²) in [5.74, 6) is 0.940. The Morgan fingerprint density at radius 1 is 1.03 bits per heavy atom. The summed E-state index contributed by atoms with van der Waals surface area (Å²) in [7, 11) is -1.86. The molecule has 0 radical (unpaired) electrons. The Bertz CT molecular complexity index is 948. The molecule has 1 amide bonds. The molecule has 1 N–H and O–H groups in total. The third kappa shape index (κ3) is 5.21. The van der Waals surface area contributed by atoms with Crippen molar-refractivity contribution in [2.45, 2.75) is 44.0 Å². The van der Waals surface area contributed by atoms with Gasteiger partial charge >= 0.3 is 0 Å². The van der Waals surface area contributed by atoms with Crippen molar-refractivity contribution in [3.8, 4) is 5.75 Å². The molecule has 1 unspecified atom stereocenters. The van der Waals surface area contributed by atoms with Crippen LogP contribution in [0.3, 0.4) is 0 Å². The third-order valence-corrected chi connectivity index (χ3v) is 7.26. The average Bonchev–Trinajstić information content (AvgIpc) is 3.29. The van der Waals surface area contributed by atoms with Gasteiger partial charge < -0.3 is 10.1 Å². The van der Waals surface area contributed by atoms with Crippen molar-refractivity contribution in [1.82, 2.24) is 9.62 Å². The second-order valence-corrected chi connectivity index (χ2v) is 10.0. The molecule has 1 aliphatic rings. The fraction of sp³-hybridized carbons (Fsp3) is 0.435. The van der Waals surface area contributed by atoms with E-state index >= 15 is 0 Å². The SMILES string of the molecule is COc1ccc(C(CC(C)C)NC(=O)c2ccc(S(=O)(=O)N3CCCC3)cc2)cc1. The number of carbonyl (C=O) groups excluding carboxylic acids is 1. The lowest BCUT2D eigenvalue weighted by atomic mass is 9.96. The molecule has 0 bridgehead atoms. The highest BCUT2D eigenvalue weighted by molar-refractivity contribution is 7.89. The van der Waals surface area contributed by atoms with E-state index in [2.05, 4.69) is 19.2 Å². The monoisotopic (exact) mass is 430 g/mol. The van der Waals surface area contributed by atoms with Crippen LogP contribution in [0.5, 0.6) is 5.75 Å². The van der Waals surface area contributed by atoms with Gasteiger partial charge in [-0.1, -0.05) is 26.0 Å². The lowest BCUT2D eigenvalue weighted by molar-refractivity contribution is 0.0932. The Hall–Kier alpha value is -2.38. The summed E-state index contributed by atoms with van der Waals surface area (Å²) in [6.07, 6.45) is 2.57. The smallest absolute Gasteiger partial charge is 0.251 e. The predicted molar refractivity (Wildman–Crippen MR) is 117 cm³/mol. The van der Waals surface area contributed by atoms with Gasteiger partial charge in [-0.05, 0) is 67.1 Å². The lowest BCUT2D eigenvalue weighted by Gasteiger charge is -2.22. The highest BCUT2D eigenvalue weighted by atomic mass is 32.2. The van der Waals surface area contributed by atoms with Crippen molar-refractivity contribution in [1.29, 1.82) is 0 Å². The maximum atomic E-state index is 12.9. The molecule has 0 spiro atoms. The van der Waals surface area contributed by atoms with E-state index in [0.717, 1.165) is 30.6 Å². The number of carbonyl (C=O) groups is 1. The standard InChI is InChI=1S/C23H30N2O4S/c1-17(2)16-22(18-6-10-20(29-3)11-7-18)24-23(26)19-8-12-21(13-9-19)30(27,28)25-14-4-5-15-25/h6-13,17,22H,4-5,14-16H2,1-3H3,(H,24,26). The van der Waals surface area contributed by atoms with E-state index in [9.17, 15) is 13.2 Å². The Morgan fingerprint density at radius 2 is 1.63 bits per heavy atom. The van der Waals surface area contributed by atoms with Gasteiger partial charge in [-0.2, -0.15) is 4.31 Å². The van der Waals surface area contributed by atoms with Crippen LogP contribution in [0.15, 0.2) is 53.4 Å². The number of sulfonamides is 1. The molecule has 1 aliphatic heterocycles. The Labute approximate surface area is 179 Å². The fourth-order valence-corrected chi connectivity index (χ4v) is 5.20. The minimum atomic E-state index is -3.48. The number of hydrogen-bond donors (Lipinski definition) is 1. The Kier molecular flexibility index (Phi) is 7.15. The van der Waals surface area contributed by atoms with Crippen molar-refractivity contribution < 1.29 is 17.9 Å². The summed E-state index contributed by atoms with van der Waals surface area (Å²) in [5.41, 5.74) is 1.45. The van der Waals surface area contributed by atoms with Crippen LogP contribution < -0.4 is 10.1 Å². The molecular weight excluding hydrogens is 400 g/mol. The van der Waals surface area contributed by atoms with E-state index in [1.54, 1.807) is 19.2 Å². The largest absolute Gasteiger partial charge is 0.497 e. The van der Waals surface area contributed by atoms with Gasteiger partial charge in [0, 0.05) is 18.7 Å². The summed E-state index contributed by atoms with van der Waals surface area (Å²) in [6.45, 7) is 5.34. The van der Waals surface area contributed by atoms with E-state index in [1.807, 2.05) is 24.3 Å². The number of benzene rings is 2. The van der Waals surface area contributed by atoms with Crippen LogP contribution >= 0.6 is 0 Å². The van der Waals surface area contributed by atoms with Crippen LogP contribution in [0.4, 0.5) is 0 Å². The van der Waals surface area contributed by atoms with Crippen LogP contribution in [0.1, 0.15) is 55.1 Å². The number of amides is 1. The zero-order valence-electron chi connectivity index (χ0n) is 17.8. The molecule has 2 aromatic carbocycles. The summed E-state index contributed by atoms with van der Waals surface area (Å²) in [4.78, 5) is 13.1. The number of rotatable bonds is 8. The van der Waals surface area contributed by atoms with Gasteiger partial charge in [0.05, 0.1) is 18.0 Å². The topological polar surface area (TPSA) is 75.7 Å². The molecule has 7 heteroatoms. The molecular formula is C23H30N2O4S. The summed E-state index contributed by atoms with van der Waals surface area (Å²) in [6, 6.07) is 13.7. The molecule has 3 rings (SSSR count). The van der Waals surface area contributed by atoms with E-state index < -0.39 is 10.0 Å². The number of ether oxygens (including phenoxy) is 1. The van der Waals surface area contributed by atoms with Gasteiger partial charge in [-0.25, -0.2) is 8.42 Å². The van der Waals surface area contributed by atoms with Crippen LogP contribution in [0, 0.1) is 5.92 Å². The number of hydrogen-bond acceptors (Lipinski definition) is 4. The fourth-order valence-electron chi connectivity index (χ4n) is 3.68. The zero-order chi connectivity index (χ0) is 21.7. The molecule has 1 heterocycles. The van der Waals surface area contributed by atoms with Gasteiger partial charge in [0.15, 0.2) is 0 Å². The second-order valence-electron chi connectivity index (χ2n) is 8.06. The maximum Gasteiger partial charge on any atom is 0.251 e. The minimum Gasteiger partial charge on any atom is -0.497 e. The van der Waals surface area contributed by atoms with Crippen molar-refractivity contribution in [2.24, 2.45) is 5.92 Å². The molecule has 1 atom stereocenters. The quantitative estimate of drug-likeness (QED) is 0.687. The van der Waals surface area contributed by atoms with Crippen LogP contribution in [0.2, 0.25) is 0 Å². The van der Waals surface area contributed by atoms with Crippen LogP contribution in [-0.4, -0.2) is 38.8 Å². The molecule has 1 fully saturated rings. The zero-order valence-corrected chi connectivity index (χ0v) is 18.6. The molecule has 162 valence electrons. The van der Waals surface area contributed by atoms with Gasteiger partial charge in [0.25, 0.3) is 5.91 Å². The first kappa shape index (κ1) is 22.3. The summed E-state index contributed by atoms with van der Waals surface area (Å²) < 4.78 is 32.1.